The molecule has 1 unspecified atom stereocenters. The minimum absolute atomic E-state index is 0.0643. The number of carbonyl (C=O) groups is 1. The van der Waals surface area contributed by atoms with Crippen molar-refractivity contribution in [1.29, 1.82) is 0 Å². The summed E-state index contributed by atoms with van der Waals surface area (Å²) in [5.41, 5.74) is 3.40. The average molecular weight is 324 g/mol. The lowest BCUT2D eigenvalue weighted by molar-refractivity contribution is -0.114. The van der Waals surface area contributed by atoms with Crippen LogP contribution in [-0.2, 0) is 16.9 Å². The van der Waals surface area contributed by atoms with Gasteiger partial charge in [-0.1, -0.05) is 36.4 Å². The van der Waals surface area contributed by atoms with Gasteiger partial charge in [0.2, 0.25) is 5.91 Å². The summed E-state index contributed by atoms with van der Waals surface area (Å²) in [7, 11) is 0. The van der Waals surface area contributed by atoms with Crippen LogP contribution < -0.4 is 5.32 Å². The average Bonchev–Trinajstić information content (AvgIpc) is 2.91. The zero-order chi connectivity index (χ0) is 17.2. The molecule has 0 saturated carbocycles. The molecule has 3 rings (SSSR count). The first-order chi connectivity index (χ1) is 11.5. The Bertz CT molecular complexity index is 727. The molecular weight excluding hydrogens is 300 g/mol. The summed E-state index contributed by atoms with van der Waals surface area (Å²) in [6, 6.07) is 16.0. The monoisotopic (exact) mass is 324 g/mol. The van der Waals surface area contributed by atoms with E-state index in [0.717, 1.165) is 36.3 Å². The quantitative estimate of drug-likeness (QED) is 0.909. The second-order valence-corrected chi connectivity index (χ2v) is 6.69. The van der Waals surface area contributed by atoms with Gasteiger partial charge in [0.05, 0.1) is 0 Å². The Morgan fingerprint density at radius 2 is 1.92 bits per heavy atom. The smallest absolute Gasteiger partial charge is 0.221 e. The highest BCUT2D eigenvalue weighted by atomic mass is 16.3. The second-order valence-electron chi connectivity index (χ2n) is 6.69. The zero-order valence-electron chi connectivity index (χ0n) is 14.2. The fourth-order valence-electron chi connectivity index (χ4n) is 3.48. The van der Waals surface area contributed by atoms with Gasteiger partial charge >= 0.3 is 0 Å². The molecule has 1 heterocycles. The predicted octanol–water partition coefficient (Wildman–Crippen LogP) is 3.05. The minimum Gasteiger partial charge on any atom is -0.384 e. The van der Waals surface area contributed by atoms with E-state index in [4.69, 9.17) is 0 Å². The van der Waals surface area contributed by atoms with E-state index in [0.29, 0.717) is 6.54 Å². The second kappa shape index (κ2) is 6.75. The normalized spacial score (nSPS) is 21.0. The molecule has 1 fully saturated rings. The van der Waals surface area contributed by atoms with Crippen LogP contribution in [0.3, 0.4) is 0 Å². The molecule has 0 aliphatic carbocycles. The Morgan fingerprint density at radius 3 is 2.58 bits per heavy atom. The van der Waals surface area contributed by atoms with Crippen molar-refractivity contribution in [3.63, 3.8) is 0 Å². The summed E-state index contributed by atoms with van der Waals surface area (Å²) in [4.78, 5) is 13.3. The lowest BCUT2D eigenvalue weighted by Gasteiger charge is -2.25. The third kappa shape index (κ3) is 3.66. The summed E-state index contributed by atoms with van der Waals surface area (Å²) in [5, 5.41) is 13.8. The number of aliphatic hydroxyl groups is 1. The Kier molecular flexibility index (Phi) is 4.69. The van der Waals surface area contributed by atoms with Gasteiger partial charge in [-0.25, -0.2) is 0 Å². The lowest BCUT2D eigenvalue weighted by atomic mass is 9.89. The van der Waals surface area contributed by atoms with Gasteiger partial charge in [0.25, 0.3) is 0 Å². The summed E-state index contributed by atoms with van der Waals surface area (Å²) in [5.74, 6) is -0.0643. The number of nitrogens with zero attached hydrogens (tertiary/aromatic N) is 1. The Labute approximate surface area is 143 Å². The third-order valence-corrected chi connectivity index (χ3v) is 4.65. The molecule has 0 aromatic heterocycles. The number of nitrogens with one attached hydrogen (secondary N) is 1. The number of anilines is 1. The molecule has 1 amide bonds. The van der Waals surface area contributed by atoms with Crippen LogP contribution in [0.2, 0.25) is 0 Å². The van der Waals surface area contributed by atoms with Crippen molar-refractivity contribution in [2.75, 3.05) is 18.4 Å². The van der Waals surface area contributed by atoms with Crippen molar-refractivity contribution < 1.29 is 9.90 Å². The van der Waals surface area contributed by atoms with E-state index in [2.05, 4.69) is 23.2 Å². The molecule has 1 aliphatic rings. The molecule has 4 heteroatoms. The zero-order valence-corrected chi connectivity index (χ0v) is 14.2. The van der Waals surface area contributed by atoms with Gasteiger partial charge in [0.15, 0.2) is 0 Å². The van der Waals surface area contributed by atoms with E-state index in [-0.39, 0.29) is 5.91 Å². The molecule has 1 atom stereocenters. The van der Waals surface area contributed by atoms with Crippen LogP contribution in [0, 0.1) is 6.92 Å². The Morgan fingerprint density at radius 1 is 1.21 bits per heavy atom. The maximum Gasteiger partial charge on any atom is 0.221 e. The molecule has 1 saturated heterocycles. The number of carbonyl (C=O) groups excluding carboxylic acids is 1. The number of benzene rings is 2. The van der Waals surface area contributed by atoms with E-state index in [1.54, 1.807) is 0 Å². The molecule has 4 nitrogen and oxygen atoms in total. The van der Waals surface area contributed by atoms with Crippen LogP contribution in [0.5, 0.6) is 0 Å². The molecule has 2 N–H and O–H groups in total. The summed E-state index contributed by atoms with van der Waals surface area (Å²) in [6.45, 7) is 5.87. The molecule has 2 aromatic carbocycles. The highest BCUT2D eigenvalue weighted by Gasteiger charge is 2.38. The number of hydrogen-bond acceptors (Lipinski definition) is 3. The Balaban J connectivity index is 1.66. The van der Waals surface area contributed by atoms with Crippen molar-refractivity contribution in [2.45, 2.75) is 32.4 Å². The van der Waals surface area contributed by atoms with Crippen molar-refractivity contribution in [1.82, 2.24) is 4.90 Å². The van der Waals surface area contributed by atoms with Gasteiger partial charge < -0.3 is 10.4 Å². The molecule has 0 spiro atoms. The number of rotatable bonds is 4. The van der Waals surface area contributed by atoms with Crippen LogP contribution in [0.1, 0.15) is 30.0 Å². The van der Waals surface area contributed by atoms with Gasteiger partial charge in [0.1, 0.15) is 5.60 Å². The number of amides is 1. The van der Waals surface area contributed by atoms with Crippen molar-refractivity contribution in [3.05, 3.63) is 65.2 Å². The summed E-state index contributed by atoms with van der Waals surface area (Å²) in [6.07, 6.45) is 0.752. The number of aryl methyl sites for hydroxylation is 1. The predicted molar refractivity (Wildman–Crippen MR) is 95.7 cm³/mol. The van der Waals surface area contributed by atoms with E-state index in [1.165, 1.54) is 12.5 Å². The fraction of sp³-hybridized carbons (Fsp3) is 0.350. The van der Waals surface area contributed by atoms with Gasteiger partial charge in [0, 0.05) is 32.2 Å². The van der Waals surface area contributed by atoms with Crippen LogP contribution in [0.4, 0.5) is 5.69 Å². The van der Waals surface area contributed by atoms with Crippen LogP contribution in [-0.4, -0.2) is 29.0 Å². The van der Waals surface area contributed by atoms with E-state index >= 15 is 0 Å². The number of β-amino-alcohol motifs (C(OH)–C–C–N with tert-alkyl or cyclic N) is 1. The van der Waals surface area contributed by atoms with Gasteiger partial charge in [-0.15, -0.1) is 0 Å². The van der Waals surface area contributed by atoms with Crippen molar-refractivity contribution in [3.8, 4) is 0 Å². The maximum absolute atomic E-state index is 11.1. The fourth-order valence-corrected chi connectivity index (χ4v) is 3.48. The standard InChI is InChI=1S/C20H24N2O2/c1-15-5-3-4-6-19(15)20(24)11-12-22(14-20)13-17-7-9-18(10-8-17)21-16(2)23/h3-10,24H,11-14H2,1-2H3,(H,21,23). The van der Waals surface area contributed by atoms with Crippen LogP contribution in [0.15, 0.2) is 48.5 Å². The largest absolute Gasteiger partial charge is 0.384 e. The SMILES string of the molecule is CC(=O)Nc1ccc(CN2CCC(O)(c3ccccc3C)C2)cc1. The molecule has 1 aliphatic heterocycles. The molecule has 126 valence electrons. The lowest BCUT2D eigenvalue weighted by Crippen LogP contribution is -2.31. The molecule has 24 heavy (non-hydrogen) atoms. The highest BCUT2D eigenvalue weighted by molar-refractivity contribution is 5.88. The summed E-state index contributed by atoms with van der Waals surface area (Å²) < 4.78 is 0. The molecule has 0 radical (unpaired) electrons. The molecule has 2 aromatic rings. The van der Waals surface area contributed by atoms with Crippen molar-refractivity contribution >= 4 is 11.6 Å². The molecular formula is C20H24N2O2. The van der Waals surface area contributed by atoms with Gasteiger partial charge in [-0.05, 0) is 42.2 Å². The highest BCUT2D eigenvalue weighted by Crippen LogP contribution is 2.34. The number of likely N-dealkylation sites (tertiary alicyclic amines) is 1. The first-order valence-corrected chi connectivity index (χ1v) is 8.34. The first kappa shape index (κ1) is 16.7. The van der Waals surface area contributed by atoms with Crippen molar-refractivity contribution in [2.24, 2.45) is 0 Å². The van der Waals surface area contributed by atoms with Gasteiger partial charge in [-0.3, -0.25) is 9.69 Å². The van der Waals surface area contributed by atoms with E-state index < -0.39 is 5.60 Å². The van der Waals surface area contributed by atoms with Crippen LogP contribution >= 0.6 is 0 Å². The topological polar surface area (TPSA) is 52.6 Å². The minimum atomic E-state index is -0.762. The first-order valence-electron chi connectivity index (χ1n) is 8.34. The third-order valence-electron chi connectivity index (χ3n) is 4.65. The number of hydrogen-bond donors (Lipinski definition) is 2. The van der Waals surface area contributed by atoms with Gasteiger partial charge in [-0.2, -0.15) is 0 Å². The maximum atomic E-state index is 11.1. The van der Waals surface area contributed by atoms with E-state index in [9.17, 15) is 9.90 Å². The van der Waals surface area contributed by atoms with E-state index in [1.807, 2.05) is 42.5 Å². The molecule has 0 bridgehead atoms. The summed E-state index contributed by atoms with van der Waals surface area (Å²) >= 11 is 0. The van der Waals surface area contributed by atoms with Crippen LogP contribution in [0.25, 0.3) is 0 Å². The Hall–Kier alpha value is -2.17.